The van der Waals surface area contributed by atoms with Gasteiger partial charge in [-0.15, -0.1) is 0 Å². The van der Waals surface area contributed by atoms with Crippen molar-refractivity contribution in [1.82, 2.24) is 0 Å². The highest BCUT2D eigenvalue weighted by molar-refractivity contribution is 5.96. The molecule has 2 aromatic rings. The molecular formula is C40H61F4NO14. The van der Waals surface area contributed by atoms with E-state index in [-0.39, 0.29) is 31.1 Å². The Morgan fingerprint density at radius 1 is 0.441 bits per heavy atom. The van der Waals surface area contributed by atoms with E-state index in [1.54, 1.807) is 18.2 Å². The summed E-state index contributed by atoms with van der Waals surface area (Å²) in [7, 11) is 0. The summed E-state index contributed by atoms with van der Waals surface area (Å²) in [6.45, 7) is 9.22. The number of benzene rings is 2. The molecule has 0 aliphatic rings. The molecule has 15 nitrogen and oxygen atoms in total. The number of hydrogen-bond acceptors (Lipinski definition) is 15. The largest absolute Gasteiger partial charge is 0.460 e. The zero-order chi connectivity index (χ0) is 42.3. The van der Waals surface area contributed by atoms with Crippen LogP contribution in [-0.2, 0) is 67.8 Å². The zero-order valence-electron chi connectivity index (χ0n) is 33.7. The first kappa shape index (κ1) is 52.1. The van der Waals surface area contributed by atoms with Crippen LogP contribution in [-0.4, -0.2) is 178 Å². The third kappa shape index (κ3) is 29.8. The second-order valence-corrected chi connectivity index (χ2v) is 11.9. The molecule has 1 N–H and O–H groups in total. The van der Waals surface area contributed by atoms with E-state index in [0.717, 1.165) is 12.1 Å². The third-order valence-corrected chi connectivity index (χ3v) is 7.39. The number of carbonyl (C=O) groups is 1. The number of carbonyl (C=O) groups excluding carboxylic acids is 1. The number of anilines is 2. The monoisotopic (exact) mass is 855 g/mol. The third-order valence-electron chi connectivity index (χ3n) is 7.39. The fourth-order valence-corrected chi connectivity index (χ4v) is 4.55. The quantitative estimate of drug-likeness (QED) is 0.0556. The average molecular weight is 856 g/mol. The number of halogens is 4. The summed E-state index contributed by atoms with van der Waals surface area (Å²) in [6.07, 6.45) is -4.48. The van der Waals surface area contributed by atoms with Crippen molar-refractivity contribution >= 4 is 17.3 Å². The number of rotatable bonds is 41. The molecule has 0 aliphatic carbocycles. The maximum absolute atomic E-state index is 13.1. The van der Waals surface area contributed by atoms with Crippen LogP contribution in [0.15, 0.2) is 48.5 Å². The van der Waals surface area contributed by atoms with E-state index in [0.29, 0.717) is 151 Å². The second-order valence-electron chi connectivity index (χ2n) is 11.9. The Hall–Kier alpha value is -3.05. The Morgan fingerprint density at radius 3 is 1.14 bits per heavy atom. The van der Waals surface area contributed by atoms with Gasteiger partial charge in [-0.3, -0.25) is 0 Å². The first-order valence-electron chi connectivity index (χ1n) is 19.6. The average Bonchev–Trinajstić information content (AvgIpc) is 3.23. The van der Waals surface area contributed by atoms with Gasteiger partial charge in [0.1, 0.15) is 13.3 Å². The van der Waals surface area contributed by atoms with Gasteiger partial charge in [0.15, 0.2) is 0 Å². The van der Waals surface area contributed by atoms with Crippen molar-refractivity contribution in [2.45, 2.75) is 6.18 Å². The van der Waals surface area contributed by atoms with Gasteiger partial charge in [0.05, 0.1) is 175 Å². The van der Waals surface area contributed by atoms with Crippen LogP contribution in [0.4, 0.5) is 28.9 Å². The molecule has 0 heterocycles. The molecule has 0 fully saturated rings. The first-order chi connectivity index (χ1) is 28.9. The van der Waals surface area contributed by atoms with Gasteiger partial charge >= 0.3 is 12.1 Å². The van der Waals surface area contributed by atoms with Crippen LogP contribution in [0, 0.1) is 0 Å². The van der Waals surface area contributed by atoms with Crippen molar-refractivity contribution in [3.63, 3.8) is 0 Å². The summed E-state index contributed by atoms with van der Waals surface area (Å²) >= 11 is 0. The van der Waals surface area contributed by atoms with Gasteiger partial charge in [-0.1, -0.05) is 18.2 Å². The van der Waals surface area contributed by atoms with Crippen molar-refractivity contribution < 1.29 is 83.9 Å². The lowest BCUT2D eigenvalue weighted by Crippen LogP contribution is -2.16. The second kappa shape index (κ2) is 36.8. The van der Waals surface area contributed by atoms with Gasteiger partial charge in [-0.25, -0.2) is 9.18 Å². The van der Waals surface area contributed by atoms with Crippen LogP contribution in [0.5, 0.6) is 0 Å². The Labute approximate surface area is 344 Å². The highest BCUT2D eigenvalue weighted by Crippen LogP contribution is 2.32. The van der Waals surface area contributed by atoms with Gasteiger partial charge in [-0.2, -0.15) is 13.2 Å². The predicted octanol–water partition coefficient (Wildman–Crippen LogP) is 4.77. The maximum atomic E-state index is 13.1. The molecule has 0 saturated heterocycles. The summed E-state index contributed by atoms with van der Waals surface area (Å²) < 4.78 is 121. The lowest BCUT2D eigenvalue weighted by molar-refractivity contribution is -0.137. The highest BCUT2D eigenvalue weighted by atomic mass is 19.4. The summed E-state index contributed by atoms with van der Waals surface area (Å²) in [5, 5.41) is 2.86. The topological polar surface area (TPSA) is 149 Å². The smallest absolute Gasteiger partial charge is 0.416 e. The molecule has 59 heavy (non-hydrogen) atoms. The Morgan fingerprint density at radius 2 is 0.780 bits per heavy atom. The van der Waals surface area contributed by atoms with E-state index in [1.165, 1.54) is 18.2 Å². The van der Waals surface area contributed by atoms with E-state index in [9.17, 15) is 22.4 Å². The van der Waals surface area contributed by atoms with Crippen molar-refractivity contribution in [1.29, 1.82) is 0 Å². The highest BCUT2D eigenvalue weighted by Gasteiger charge is 2.30. The number of nitrogens with one attached hydrogen (secondary N) is 1. The Kier molecular flexibility index (Phi) is 32.5. The lowest BCUT2D eigenvalue weighted by atomic mass is 10.1. The van der Waals surface area contributed by atoms with E-state index >= 15 is 0 Å². The van der Waals surface area contributed by atoms with Gasteiger partial charge < -0.3 is 66.9 Å². The summed E-state index contributed by atoms with van der Waals surface area (Å²) in [6, 6.07) is 11.1. The van der Waals surface area contributed by atoms with Gasteiger partial charge in [0.2, 0.25) is 0 Å². The fraction of sp³-hybridized carbons (Fsp3) is 0.675. The van der Waals surface area contributed by atoms with Crippen LogP contribution < -0.4 is 5.32 Å². The molecule has 2 rings (SSSR count). The van der Waals surface area contributed by atoms with Crippen molar-refractivity contribution in [3.05, 3.63) is 59.7 Å². The number of ether oxygens (including phenoxy) is 13. The fourth-order valence-electron chi connectivity index (χ4n) is 4.55. The molecule has 0 unspecified atom stereocenters. The SMILES string of the molecule is O=C(OCCOCCOCCOCCOCCOCCOCCOCCOCCOCCOCCOCCOCCF)c1ccccc1Nc1cccc(C(F)(F)F)c1. The van der Waals surface area contributed by atoms with Crippen molar-refractivity contribution in [2.75, 3.05) is 177 Å². The molecule has 0 atom stereocenters. The van der Waals surface area contributed by atoms with E-state index in [4.69, 9.17) is 61.6 Å². The molecule has 0 aromatic heterocycles. The minimum absolute atomic E-state index is 0.00807. The molecule has 338 valence electrons. The summed E-state index contributed by atoms with van der Waals surface area (Å²) in [5.41, 5.74) is -0.108. The minimum atomic E-state index is -4.48. The number of para-hydroxylation sites is 1. The molecule has 0 spiro atoms. The predicted molar refractivity (Wildman–Crippen MR) is 207 cm³/mol. The van der Waals surface area contributed by atoms with Crippen LogP contribution in [0.2, 0.25) is 0 Å². The Balaban J connectivity index is 1.25. The molecule has 0 amide bonds. The normalized spacial score (nSPS) is 11.7. The van der Waals surface area contributed by atoms with Crippen molar-refractivity contribution in [3.8, 4) is 0 Å². The Bertz CT molecular complexity index is 1280. The van der Waals surface area contributed by atoms with Gasteiger partial charge in [0, 0.05) is 5.69 Å². The van der Waals surface area contributed by atoms with E-state index < -0.39 is 24.4 Å². The lowest BCUT2D eigenvalue weighted by Gasteiger charge is -2.13. The summed E-state index contributed by atoms with van der Waals surface area (Å²) in [4.78, 5) is 12.6. The van der Waals surface area contributed by atoms with Crippen molar-refractivity contribution in [2.24, 2.45) is 0 Å². The van der Waals surface area contributed by atoms with E-state index in [1.807, 2.05) is 0 Å². The van der Waals surface area contributed by atoms with Crippen LogP contribution in [0.25, 0.3) is 0 Å². The van der Waals surface area contributed by atoms with Gasteiger partial charge in [0.25, 0.3) is 0 Å². The number of hydrogen-bond donors (Lipinski definition) is 1. The maximum Gasteiger partial charge on any atom is 0.416 e. The molecule has 0 aliphatic heterocycles. The standard InChI is InChI=1S/C40H61F4NO14/c41-8-9-47-10-11-48-12-13-49-14-15-50-16-17-51-18-19-52-20-21-53-22-23-54-24-25-55-26-27-56-28-29-57-30-31-58-32-33-59-39(46)37-6-1-2-7-38(37)45-36-5-3-4-35(34-36)40(42,43)44/h1-7,34,45H,8-33H2. The molecule has 0 radical (unpaired) electrons. The summed E-state index contributed by atoms with van der Waals surface area (Å²) in [5.74, 6) is -0.634. The zero-order valence-corrected chi connectivity index (χ0v) is 33.7. The van der Waals surface area contributed by atoms with Crippen LogP contribution in [0.1, 0.15) is 15.9 Å². The van der Waals surface area contributed by atoms with E-state index in [2.05, 4.69) is 5.32 Å². The molecule has 0 saturated carbocycles. The minimum Gasteiger partial charge on any atom is -0.460 e. The number of esters is 1. The molecule has 0 bridgehead atoms. The van der Waals surface area contributed by atoms with Crippen LogP contribution >= 0.6 is 0 Å². The molecule has 2 aromatic carbocycles. The molecular weight excluding hydrogens is 794 g/mol. The first-order valence-corrected chi connectivity index (χ1v) is 19.6. The van der Waals surface area contributed by atoms with Gasteiger partial charge in [-0.05, 0) is 30.3 Å². The van der Waals surface area contributed by atoms with Crippen LogP contribution in [0.3, 0.4) is 0 Å². The molecule has 19 heteroatoms. The number of alkyl halides is 4.